The molecule has 1 aliphatic rings. The third kappa shape index (κ3) is 3.71. The van der Waals surface area contributed by atoms with Gasteiger partial charge in [0.2, 0.25) is 5.95 Å². The highest BCUT2D eigenvalue weighted by Gasteiger charge is 2.19. The van der Waals surface area contributed by atoms with Crippen LogP contribution in [-0.4, -0.2) is 22.4 Å². The summed E-state index contributed by atoms with van der Waals surface area (Å²) in [6, 6.07) is 15.9. The smallest absolute Gasteiger partial charge is 0.258 e. The van der Waals surface area contributed by atoms with E-state index in [0.717, 1.165) is 47.1 Å². The molecule has 0 unspecified atom stereocenters. The highest BCUT2D eigenvalue weighted by molar-refractivity contribution is 7.09. The number of hydrogen-bond acceptors (Lipinski definition) is 6. The average molecular weight is 416 g/mol. The van der Waals surface area contributed by atoms with E-state index in [4.69, 9.17) is 0 Å². The fourth-order valence-electron chi connectivity index (χ4n) is 3.67. The van der Waals surface area contributed by atoms with E-state index in [-0.39, 0.29) is 5.91 Å². The molecule has 7 heteroatoms. The van der Waals surface area contributed by atoms with Crippen LogP contribution in [-0.2, 0) is 13.0 Å². The number of thiophene rings is 1. The summed E-state index contributed by atoms with van der Waals surface area (Å²) in [4.78, 5) is 22.2. The van der Waals surface area contributed by atoms with Gasteiger partial charge in [-0.15, -0.1) is 0 Å². The number of fused-ring (bicyclic) bond motifs is 2. The Morgan fingerprint density at radius 2 is 1.97 bits per heavy atom. The topological polar surface area (TPSA) is 78.9 Å². The third-order valence-electron chi connectivity index (χ3n) is 5.17. The standard InChI is InChI=1S/C23H21N5OS/c29-22(17-9-4-8-16-13-30-14-18(16)17)28-23-26-19-10-5-11-24-20(19)21(27-23)25-12-15-6-2-1-3-7-15/h1-4,6-9,13-14,24H,5,10-12H2,(H2,25,26,27,28,29). The Morgan fingerprint density at radius 1 is 1.07 bits per heavy atom. The third-order valence-corrected chi connectivity index (χ3v) is 5.93. The minimum Gasteiger partial charge on any atom is -0.381 e. The summed E-state index contributed by atoms with van der Waals surface area (Å²) in [6.07, 6.45) is 1.86. The molecule has 150 valence electrons. The monoisotopic (exact) mass is 415 g/mol. The second-order valence-electron chi connectivity index (χ2n) is 7.22. The van der Waals surface area contributed by atoms with E-state index in [1.54, 1.807) is 11.3 Å². The highest BCUT2D eigenvalue weighted by Crippen LogP contribution is 2.30. The van der Waals surface area contributed by atoms with E-state index < -0.39 is 0 Å². The molecule has 0 radical (unpaired) electrons. The molecule has 0 bridgehead atoms. The normalized spacial score (nSPS) is 12.8. The van der Waals surface area contributed by atoms with Gasteiger partial charge in [0.15, 0.2) is 5.82 Å². The molecule has 3 N–H and O–H groups in total. The summed E-state index contributed by atoms with van der Waals surface area (Å²) in [5.74, 6) is 0.842. The lowest BCUT2D eigenvalue weighted by atomic mass is 10.1. The van der Waals surface area contributed by atoms with Crippen molar-refractivity contribution < 1.29 is 4.79 Å². The lowest BCUT2D eigenvalue weighted by Gasteiger charge is -2.21. The first-order valence-corrected chi connectivity index (χ1v) is 10.9. The molecule has 30 heavy (non-hydrogen) atoms. The maximum atomic E-state index is 13.0. The van der Waals surface area contributed by atoms with Gasteiger partial charge in [0.05, 0.1) is 11.4 Å². The number of amides is 1. The van der Waals surface area contributed by atoms with Crippen molar-refractivity contribution in [3.63, 3.8) is 0 Å². The molecular weight excluding hydrogens is 394 g/mol. The minimum atomic E-state index is -0.197. The van der Waals surface area contributed by atoms with E-state index in [1.165, 1.54) is 0 Å². The van der Waals surface area contributed by atoms with E-state index in [0.29, 0.717) is 23.9 Å². The van der Waals surface area contributed by atoms with Gasteiger partial charge in [0, 0.05) is 24.0 Å². The van der Waals surface area contributed by atoms with Crippen LogP contribution in [0.1, 0.15) is 28.0 Å². The number of nitrogens with one attached hydrogen (secondary N) is 3. The summed E-state index contributed by atoms with van der Waals surface area (Å²) in [5, 5.41) is 15.8. The first-order valence-electron chi connectivity index (χ1n) is 9.97. The number of carbonyl (C=O) groups excluding carboxylic acids is 1. The van der Waals surface area contributed by atoms with Crippen LogP contribution in [0.2, 0.25) is 0 Å². The van der Waals surface area contributed by atoms with Gasteiger partial charge in [0.1, 0.15) is 0 Å². The molecule has 3 heterocycles. The van der Waals surface area contributed by atoms with E-state index in [9.17, 15) is 4.79 Å². The Kier molecular flexibility index (Phi) is 5.03. The Bertz CT molecular complexity index is 1200. The van der Waals surface area contributed by atoms with Gasteiger partial charge < -0.3 is 10.6 Å². The maximum absolute atomic E-state index is 13.0. The lowest BCUT2D eigenvalue weighted by Crippen LogP contribution is -2.20. The molecule has 5 rings (SSSR count). The fourth-order valence-corrected chi connectivity index (χ4v) is 4.49. The molecule has 0 aliphatic carbocycles. The summed E-state index contributed by atoms with van der Waals surface area (Å²) >= 11 is 1.59. The highest BCUT2D eigenvalue weighted by atomic mass is 32.1. The molecule has 1 aliphatic heterocycles. The van der Waals surface area contributed by atoms with Crippen LogP contribution in [0.5, 0.6) is 0 Å². The van der Waals surface area contributed by atoms with Crippen LogP contribution in [0, 0.1) is 0 Å². The summed E-state index contributed by atoms with van der Waals surface area (Å²) < 4.78 is 0. The van der Waals surface area contributed by atoms with Crippen LogP contribution in [0.15, 0.2) is 59.3 Å². The van der Waals surface area contributed by atoms with Crippen LogP contribution < -0.4 is 16.0 Å². The number of aryl methyl sites for hydroxylation is 1. The van der Waals surface area contributed by atoms with Crippen molar-refractivity contribution in [1.29, 1.82) is 0 Å². The SMILES string of the molecule is O=C(Nc1nc2c(c(NCc3ccccc3)n1)NCCC2)c1cccc2cscc12. The summed E-state index contributed by atoms with van der Waals surface area (Å²) in [6.45, 7) is 1.54. The maximum Gasteiger partial charge on any atom is 0.258 e. The fraction of sp³-hybridized carbons (Fsp3) is 0.174. The molecule has 2 aromatic heterocycles. The largest absolute Gasteiger partial charge is 0.381 e. The van der Waals surface area contributed by atoms with E-state index in [2.05, 4.69) is 38.1 Å². The molecule has 2 aromatic carbocycles. The Morgan fingerprint density at radius 3 is 2.87 bits per heavy atom. The molecule has 1 amide bonds. The quantitative estimate of drug-likeness (QED) is 0.431. The predicted molar refractivity (Wildman–Crippen MR) is 122 cm³/mol. The van der Waals surface area contributed by atoms with Crippen molar-refractivity contribution >= 4 is 45.5 Å². The van der Waals surface area contributed by atoms with Crippen LogP contribution >= 0.6 is 11.3 Å². The molecule has 0 saturated carbocycles. The van der Waals surface area contributed by atoms with Crippen LogP contribution in [0.4, 0.5) is 17.5 Å². The summed E-state index contributed by atoms with van der Waals surface area (Å²) in [7, 11) is 0. The first-order chi connectivity index (χ1) is 14.8. The van der Waals surface area contributed by atoms with E-state index >= 15 is 0 Å². The molecule has 0 fully saturated rings. The molecule has 4 aromatic rings. The number of rotatable bonds is 5. The Balaban J connectivity index is 1.43. The van der Waals surface area contributed by atoms with Crippen molar-refractivity contribution in [2.45, 2.75) is 19.4 Å². The number of benzene rings is 2. The van der Waals surface area contributed by atoms with Gasteiger partial charge in [0.25, 0.3) is 5.91 Å². The zero-order chi connectivity index (χ0) is 20.3. The Hall–Kier alpha value is -3.45. The minimum absolute atomic E-state index is 0.197. The second-order valence-corrected chi connectivity index (χ2v) is 7.96. The number of hydrogen-bond donors (Lipinski definition) is 3. The van der Waals surface area contributed by atoms with Gasteiger partial charge >= 0.3 is 0 Å². The van der Waals surface area contributed by atoms with Gasteiger partial charge in [-0.2, -0.15) is 16.3 Å². The molecule has 0 atom stereocenters. The van der Waals surface area contributed by atoms with Crippen molar-refractivity contribution in [2.75, 3.05) is 22.5 Å². The van der Waals surface area contributed by atoms with Gasteiger partial charge in [-0.3, -0.25) is 10.1 Å². The zero-order valence-electron chi connectivity index (χ0n) is 16.3. The van der Waals surface area contributed by atoms with Crippen molar-refractivity contribution in [3.8, 4) is 0 Å². The number of carbonyl (C=O) groups is 1. The van der Waals surface area contributed by atoms with Gasteiger partial charge in [-0.1, -0.05) is 42.5 Å². The average Bonchev–Trinajstić information content (AvgIpc) is 3.27. The second kappa shape index (κ2) is 8.12. The van der Waals surface area contributed by atoms with Crippen molar-refractivity contribution in [2.24, 2.45) is 0 Å². The van der Waals surface area contributed by atoms with Gasteiger partial charge in [-0.05, 0) is 40.6 Å². The van der Waals surface area contributed by atoms with Crippen LogP contribution in [0.25, 0.3) is 10.8 Å². The summed E-state index contributed by atoms with van der Waals surface area (Å²) in [5.41, 5.74) is 3.65. The van der Waals surface area contributed by atoms with Crippen molar-refractivity contribution in [1.82, 2.24) is 9.97 Å². The first kappa shape index (κ1) is 18.6. The molecule has 6 nitrogen and oxygen atoms in total. The molecule has 0 spiro atoms. The Labute approximate surface area is 178 Å². The molecule has 0 saturated heterocycles. The van der Waals surface area contributed by atoms with Gasteiger partial charge in [-0.25, -0.2) is 4.98 Å². The molecular formula is C23H21N5OS. The van der Waals surface area contributed by atoms with E-state index in [1.807, 2.05) is 47.2 Å². The van der Waals surface area contributed by atoms with Crippen LogP contribution in [0.3, 0.4) is 0 Å². The number of aromatic nitrogens is 2. The number of nitrogens with zero attached hydrogens (tertiary/aromatic N) is 2. The number of anilines is 3. The zero-order valence-corrected chi connectivity index (χ0v) is 17.1. The van der Waals surface area contributed by atoms with Crippen molar-refractivity contribution in [3.05, 3.63) is 76.1 Å². The predicted octanol–water partition coefficient (Wildman–Crippen LogP) is 4.91. The lowest BCUT2D eigenvalue weighted by molar-refractivity contribution is 0.102.